The van der Waals surface area contributed by atoms with Gasteiger partial charge in [0, 0.05) is 17.9 Å². The minimum absolute atomic E-state index is 0.0540. The van der Waals surface area contributed by atoms with Crippen LogP contribution in [-0.4, -0.2) is 35.5 Å². The third-order valence-electron chi connectivity index (χ3n) is 4.03. The second kappa shape index (κ2) is 10.9. The summed E-state index contributed by atoms with van der Waals surface area (Å²) in [6.07, 6.45) is 3.66. The Kier molecular flexibility index (Phi) is 7.93. The summed E-state index contributed by atoms with van der Waals surface area (Å²) in [4.78, 5) is 18.4. The number of carbonyl (C=O) groups is 1. The molecule has 0 aliphatic rings. The zero-order valence-electron chi connectivity index (χ0n) is 15.7. The number of thiophene rings is 1. The first-order valence-corrected chi connectivity index (χ1v) is 11.0. The van der Waals surface area contributed by atoms with Gasteiger partial charge in [0.25, 0.3) is 0 Å². The van der Waals surface area contributed by atoms with Gasteiger partial charge in [0.2, 0.25) is 17.6 Å². The number of carbonyl (C=O) groups excluding carboxylic acids is 1. The quantitative estimate of drug-likeness (QED) is 0.367. The highest BCUT2D eigenvalue weighted by molar-refractivity contribution is 8.00. The first kappa shape index (κ1) is 20.4. The Hall–Kier alpha value is -2.32. The molecule has 3 aromatic rings. The number of amides is 1. The van der Waals surface area contributed by atoms with Gasteiger partial charge < -0.3 is 14.6 Å². The summed E-state index contributed by atoms with van der Waals surface area (Å²) >= 11 is 3.12. The molecule has 6 nitrogen and oxygen atoms in total. The van der Waals surface area contributed by atoms with Gasteiger partial charge in [-0.1, -0.05) is 17.6 Å². The molecule has 1 aromatic carbocycles. The first-order chi connectivity index (χ1) is 13.7. The fourth-order valence-corrected chi connectivity index (χ4v) is 3.92. The molecule has 0 saturated heterocycles. The topological polar surface area (TPSA) is 77.2 Å². The normalized spacial score (nSPS) is 10.8. The molecule has 0 aliphatic heterocycles. The lowest BCUT2D eigenvalue weighted by Crippen LogP contribution is -2.26. The Morgan fingerprint density at radius 2 is 2.07 bits per heavy atom. The molecule has 0 fully saturated rings. The van der Waals surface area contributed by atoms with E-state index in [1.807, 2.05) is 41.8 Å². The second-order valence-electron chi connectivity index (χ2n) is 6.11. The number of methoxy groups -OCH3 is 1. The van der Waals surface area contributed by atoms with Crippen LogP contribution in [-0.2, 0) is 11.2 Å². The average molecular weight is 418 g/mol. The van der Waals surface area contributed by atoms with E-state index in [1.54, 1.807) is 18.4 Å². The molecule has 0 unspecified atom stereocenters. The Morgan fingerprint density at radius 1 is 1.21 bits per heavy atom. The Balaban J connectivity index is 1.25. The number of benzene rings is 1. The maximum absolute atomic E-state index is 11.9. The molecular weight excluding hydrogens is 394 g/mol. The van der Waals surface area contributed by atoms with E-state index < -0.39 is 0 Å². The van der Waals surface area contributed by atoms with Gasteiger partial charge in [-0.15, -0.1) is 23.1 Å². The van der Waals surface area contributed by atoms with Crippen LogP contribution in [0.3, 0.4) is 0 Å². The van der Waals surface area contributed by atoms with E-state index >= 15 is 0 Å². The van der Waals surface area contributed by atoms with Crippen molar-refractivity contribution in [2.75, 3.05) is 19.4 Å². The van der Waals surface area contributed by atoms with Crippen molar-refractivity contribution in [2.24, 2.45) is 0 Å². The van der Waals surface area contributed by atoms with E-state index in [1.165, 1.54) is 11.8 Å². The fourth-order valence-electron chi connectivity index (χ4n) is 2.54. The van der Waals surface area contributed by atoms with Crippen molar-refractivity contribution in [3.63, 3.8) is 0 Å². The number of nitrogens with zero attached hydrogens (tertiary/aromatic N) is 2. The highest BCUT2D eigenvalue weighted by atomic mass is 32.2. The Bertz CT molecular complexity index is 848. The number of hydrogen-bond donors (Lipinski definition) is 1. The zero-order chi connectivity index (χ0) is 19.6. The standard InChI is InChI=1S/C20H23N3O3S2/c1-25-15-8-10-16(11-9-15)28-14-18(24)21-12-4-2-3-7-19-22-20(23-26-19)17-6-5-13-27-17/h5-6,8-11,13H,2-4,7,12,14H2,1H3,(H,21,24). The Labute approximate surface area is 172 Å². The van der Waals surface area contributed by atoms with Crippen molar-refractivity contribution in [1.29, 1.82) is 0 Å². The van der Waals surface area contributed by atoms with Crippen LogP contribution in [0, 0.1) is 0 Å². The number of rotatable bonds is 11. The number of ether oxygens (including phenoxy) is 1. The highest BCUT2D eigenvalue weighted by Gasteiger charge is 2.09. The summed E-state index contributed by atoms with van der Waals surface area (Å²) < 4.78 is 10.4. The summed E-state index contributed by atoms with van der Waals surface area (Å²) in [6, 6.07) is 11.7. The van der Waals surface area contributed by atoms with Crippen LogP contribution in [0.1, 0.15) is 25.2 Å². The predicted octanol–water partition coefficient (Wildman–Crippen LogP) is 4.43. The van der Waals surface area contributed by atoms with Crippen LogP contribution < -0.4 is 10.1 Å². The lowest BCUT2D eigenvalue weighted by molar-refractivity contribution is -0.118. The molecule has 0 saturated carbocycles. The third kappa shape index (κ3) is 6.38. The first-order valence-electron chi connectivity index (χ1n) is 9.14. The average Bonchev–Trinajstić information content (AvgIpc) is 3.41. The molecule has 3 rings (SSSR count). The van der Waals surface area contributed by atoms with Gasteiger partial charge in [-0.2, -0.15) is 4.98 Å². The fraction of sp³-hybridized carbons (Fsp3) is 0.350. The number of nitrogens with one attached hydrogen (secondary N) is 1. The van der Waals surface area contributed by atoms with Gasteiger partial charge >= 0.3 is 0 Å². The molecule has 0 radical (unpaired) electrons. The number of aromatic nitrogens is 2. The van der Waals surface area contributed by atoms with Crippen molar-refractivity contribution >= 4 is 29.0 Å². The van der Waals surface area contributed by atoms with Crippen molar-refractivity contribution in [2.45, 2.75) is 30.6 Å². The molecule has 1 amide bonds. The van der Waals surface area contributed by atoms with E-state index in [4.69, 9.17) is 9.26 Å². The summed E-state index contributed by atoms with van der Waals surface area (Å²) in [5.74, 6) is 2.62. The molecule has 148 valence electrons. The van der Waals surface area contributed by atoms with Crippen LogP contribution in [0.5, 0.6) is 5.75 Å². The number of unbranched alkanes of at least 4 members (excludes halogenated alkanes) is 2. The van der Waals surface area contributed by atoms with Gasteiger partial charge in [0.05, 0.1) is 17.7 Å². The molecule has 0 atom stereocenters. The molecular formula is C20H23N3O3S2. The maximum atomic E-state index is 11.9. The van der Waals surface area contributed by atoms with Gasteiger partial charge in [0.1, 0.15) is 5.75 Å². The minimum atomic E-state index is 0.0540. The van der Waals surface area contributed by atoms with Gasteiger partial charge in [-0.3, -0.25) is 4.79 Å². The summed E-state index contributed by atoms with van der Waals surface area (Å²) in [7, 11) is 1.64. The van der Waals surface area contributed by atoms with Gasteiger partial charge in [-0.05, 0) is 48.6 Å². The molecule has 0 aliphatic carbocycles. The predicted molar refractivity (Wildman–Crippen MR) is 112 cm³/mol. The molecule has 2 heterocycles. The second-order valence-corrected chi connectivity index (χ2v) is 8.11. The molecule has 0 spiro atoms. The van der Waals surface area contributed by atoms with Crippen molar-refractivity contribution in [1.82, 2.24) is 15.5 Å². The summed E-state index contributed by atoms with van der Waals surface area (Å²) in [5, 5.41) is 8.97. The SMILES string of the molecule is COc1ccc(SCC(=O)NCCCCCc2nc(-c3cccs3)no2)cc1. The van der Waals surface area contributed by atoms with E-state index in [9.17, 15) is 4.79 Å². The number of thioether (sulfide) groups is 1. The molecule has 8 heteroatoms. The summed E-state index contributed by atoms with van der Waals surface area (Å²) in [6.45, 7) is 0.687. The lowest BCUT2D eigenvalue weighted by Gasteiger charge is -2.05. The van der Waals surface area contributed by atoms with E-state index in [0.717, 1.165) is 41.2 Å². The Morgan fingerprint density at radius 3 is 2.82 bits per heavy atom. The van der Waals surface area contributed by atoms with E-state index in [2.05, 4.69) is 15.5 Å². The number of aryl methyl sites for hydroxylation is 1. The minimum Gasteiger partial charge on any atom is -0.497 e. The maximum Gasteiger partial charge on any atom is 0.230 e. The monoisotopic (exact) mass is 417 g/mol. The number of hydrogen-bond acceptors (Lipinski definition) is 7. The lowest BCUT2D eigenvalue weighted by atomic mass is 10.2. The largest absolute Gasteiger partial charge is 0.497 e. The van der Waals surface area contributed by atoms with Crippen molar-refractivity contribution in [3.8, 4) is 16.5 Å². The van der Waals surface area contributed by atoms with Crippen LogP contribution in [0.4, 0.5) is 0 Å². The van der Waals surface area contributed by atoms with Gasteiger partial charge in [0.15, 0.2) is 0 Å². The third-order valence-corrected chi connectivity index (χ3v) is 5.91. The van der Waals surface area contributed by atoms with E-state index in [-0.39, 0.29) is 5.91 Å². The van der Waals surface area contributed by atoms with E-state index in [0.29, 0.717) is 24.0 Å². The smallest absolute Gasteiger partial charge is 0.230 e. The van der Waals surface area contributed by atoms with Crippen LogP contribution in [0.2, 0.25) is 0 Å². The van der Waals surface area contributed by atoms with Gasteiger partial charge in [-0.25, -0.2) is 0 Å². The molecule has 0 bridgehead atoms. The molecule has 28 heavy (non-hydrogen) atoms. The van der Waals surface area contributed by atoms with Crippen LogP contribution in [0.25, 0.3) is 10.7 Å². The highest BCUT2D eigenvalue weighted by Crippen LogP contribution is 2.22. The van der Waals surface area contributed by atoms with Crippen molar-refractivity contribution in [3.05, 3.63) is 47.7 Å². The van der Waals surface area contributed by atoms with Crippen LogP contribution in [0.15, 0.2) is 51.2 Å². The summed E-state index contributed by atoms with van der Waals surface area (Å²) in [5.41, 5.74) is 0. The zero-order valence-corrected chi connectivity index (χ0v) is 17.4. The molecule has 1 N–H and O–H groups in total. The van der Waals surface area contributed by atoms with Crippen molar-refractivity contribution < 1.29 is 14.1 Å². The molecule has 2 aromatic heterocycles. The van der Waals surface area contributed by atoms with Crippen LogP contribution >= 0.6 is 23.1 Å².